The zero-order valence-electron chi connectivity index (χ0n) is 14.0. The number of benzene rings is 1. The maximum atomic E-state index is 11.4. The van der Waals surface area contributed by atoms with Gasteiger partial charge in [0, 0.05) is 29.7 Å². The number of aromatic nitrogens is 1. The number of hydrogen-bond acceptors (Lipinski definition) is 2. The predicted octanol–water partition coefficient (Wildman–Crippen LogP) is 2.94. The Kier molecular flexibility index (Phi) is 3.45. The lowest BCUT2D eigenvalue weighted by molar-refractivity contribution is -0.120. The molecule has 0 saturated heterocycles. The van der Waals surface area contributed by atoms with E-state index in [1.54, 1.807) is 0 Å². The first-order valence-corrected chi connectivity index (χ1v) is 8.73. The molecule has 2 N–H and O–H groups in total. The zero-order chi connectivity index (χ0) is 16.1. The fourth-order valence-corrected chi connectivity index (χ4v) is 4.44. The number of nitrogens with zero attached hydrogens (tertiary/aromatic N) is 2. The molecular weight excluding hydrogens is 286 g/mol. The number of primary amides is 1. The molecule has 1 aromatic carbocycles. The zero-order valence-corrected chi connectivity index (χ0v) is 14.0. The van der Waals surface area contributed by atoms with Crippen molar-refractivity contribution in [2.75, 3.05) is 13.1 Å². The van der Waals surface area contributed by atoms with Crippen molar-refractivity contribution in [3.63, 3.8) is 0 Å². The van der Waals surface area contributed by atoms with E-state index >= 15 is 0 Å². The topological polar surface area (TPSA) is 51.3 Å². The highest BCUT2D eigenvalue weighted by molar-refractivity contribution is 5.87. The van der Waals surface area contributed by atoms with Crippen LogP contribution in [0.3, 0.4) is 0 Å². The number of amides is 1. The Balaban J connectivity index is 1.87. The van der Waals surface area contributed by atoms with Crippen LogP contribution in [0, 0.1) is 0 Å². The summed E-state index contributed by atoms with van der Waals surface area (Å²) in [5.74, 6) is 0.332. The van der Waals surface area contributed by atoms with E-state index in [0.29, 0.717) is 18.5 Å². The lowest BCUT2D eigenvalue weighted by Gasteiger charge is -2.39. The maximum Gasteiger partial charge on any atom is 0.231 e. The summed E-state index contributed by atoms with van der Waals surface area (Å²) in [6, 6.07) is 7.31. The molecule has 4 rings (SSSR count). The van der Waals surface area contributed by atoms with Gasteiger partial charge in [-0.2, -0.15) is 0 Å². The highest BCUT2D eigenvalue weighted by Crippen LogP contribution is 2.42. The van der Waals surface area contributed by atoms with Gasteiger partial charge in [0.05, 0.1) is 12.6 Å². The second-order valence-corrected chi connectivity index (χ2v) is 7.29. The summed E-state index contributed by atoms with van der Waals surface area (Å²) in [6.07, 6.45) is 3.48. The molecule has 1 atom stereocenters. The number of nitrogens with two attached hydrogens (primary N) is 1. The first kappa shape index (κ1) is 14.8. The number of carbonyl (C=O) groups excluding carboxylic acids is 1. The molecule has 0 spiro atoms. The fourth-order valence-electron chi connectivity index (χ4n) is 4.44. The summed E-state index contributed by atoms with van der Waals surface area (Å²) in [6.45, 7) is 6.75. The smallest absolute Gasteiger partial charge is 0.231 e. The molecule has 4 heteroatoms. The van der Waals surface area contributed by atoms with E-state index in [1.807, 2.05) is 0 Å². The molecular formula is C19H25N3O. The van der Waals surface area contributed by atoms with Gasteiger partial charge in [0.25, 0.3) is 0 Å². The van der Waals surface area contributed by atoms with Crippen LogP contribution in [0.1, 0.15) is 55.5 Å². The minimum atomic E-state index is -0.219. The highest BCUT2D eigenvalue weighted by Gasteiger charge is 2.35. The van der Waals surface area contributed by atoms with Gasteiger partial charge >= 0.3 is 0 Å². The Labute approximate surface area is 137 Å². The van der Waals surface area contributed by atoms with E-state index in [1.165, 1.54) is 34.1 Å². The van der Waals surface area contributed by atoms with Gasteiger partial charge in [-0.05, 0) is 48.4 Å². The van der Waals surface area contributed by atoms with Crippen molar-refractivity contribution in [3.8, 4) is 0 Å². The van der Waals surface area contributed by atoms with Crippen molar-refractivity contribution < 1.29 is 4.79 Å². The van der Waals surface area contributed by atoms with Crippen molar-refractivity contribution in [1.29, 1.82) is 0 Å². The van der Waals surface area contributed by atoms with Gasteiger partial charge in [0.1, 0.15) is 0 Å². The third kappa shape index (κ3) is 2.27. The van der Waals surface area contributed by atoms with E-state index in [9.17, 15) is 4.79 Å². The quantitative estimate of drug-likeness (QED) is 0.947. The van der Waals surface area contributed by atoms with Crippen molar-refractivity contribution in [2.45, 2.75) is 51.6 Å². The molecule has 1 aliphatic heterocycles. The predicted molar refractivity (Wildman–Crippen MR) is 92.5 cm³/mol. The number of aryl methyl sites for hydroxylation is 1. The molecule has 0 fully saturated rings. The Morgan fingerprint density at radius 1 is 1.35 bits per heavy atom. The van der Waals surface area contributed by atoms with Gasteiger partial charge in [0.15, 0.2) is 0 Å². The Morgan fingerprint density at radius 3 is 2.91 bits per heavy atom. The molecule has 0 radical (unpaired) electrons. The van der Waals surface area contributed by atoms with Gasteiger partial charge in [-0.1, -0.05) is 19.9 Å². The highest BCUT2D eigenvalue weighted by atomic mass is 16.1. The molecule has 2 aliphatic rings. The Hall–Kier alpha value is -1.81. The van der Waals surface area contributed by atoms with Crippen LogP contribution in [0.5, 0.6) is 0 Å². The van der Waals surface area contributed by atoms with Gasteiger partial charge in [-0.3, -0.25) is 9.69 Å². The molecule has 23 heavy (non-hydrogen) atoms. The lowest BCUT2D eigenvalue weighted by Crippen LogP contribution is -2.43. The van der Waals surface area contributed by atoms with E-state index in [0.717, 1.165) is 25.9 Å². The van der Waals surface area contributed by atoms with Crippen LogP contribution in [0.2, 0.25) is 0 Å². The van der Waals surface area contributed by atoms with Gasteiger partial charge in [0.2, 0.25) is 5.91 Å². The second kappa shape index (κ2) is 5.38. The van der Waals surface area contributed by atoms with Crippen LogP contribution in [0.4, 0.5) is 0 Å². The second-order valence-electron chi connectivity index (χ2n) is 7.29. The SMILES string of the molecule is CC(C)c1ccc2c(c1)c1c3n2CCN(CC(N)=O)C3CCC1. The molecule has 1 amide bonds. The Morgan fingerprint density at radius 2 is 2.17 bits per heavy atom. The van der Waals surface area contributed by atoms with Crippen molar-refractivity contribution in [1.82, 2.24) is 9.47 Å². The summed E-state index contributed by atoms with van der Waals surface area (Å²) in [7, 11) is 0. The summed E-state index contributed by atoms with van der Waals surface area (Å²) < 4.78 is 2.50. The first-order chi connectivity index (χ1) is 11.1. The van der Waals surface area contributed by atoms with Gasteiger partial charge in [-0.25, -0.2) is 0 Å². The van der Waals surface area contributed by atoms with Crippen molar-refractivity contribution in [3.05, 3.63) is 35.0 Å². The van der Waals surface area contributed by atoms with Crippen LogP contribution < -0.4 is 5.73 Å². The first-order valence-electron chi connectivity index (χ1n) is 8.73. The molecule has 2 aromatic rings. The molecule has 4 nitrogen and oxygen atoms in total. The van der Waals surface area contributed by atoms with E-state index in [-0.39, 0.29) is 5.91 Å². The average Bonchev–Trinajstić information content (AvgIpc) is 2.85. The van der Waals surface area contributed by atoms with Crippen LogP contribution >= 0.6 is 0 Å². The van der Waals surface area contributed by atoms with Gasteiger partial charge < -0.3 is 10.3 Å². The average molecular weight is 311 g/mol. The number of carbonyl (C=O) groups is 1. The van der Waals surface area contributed by atoms with Gasteiger partial charge in [-0.15, -0.1) is 0 Å². The van der Waals surface area contributed by atoms with Crippen LogP contribution in [-0.2, 0) is 17.8 Å². The third-order valence-corrected chi connectivity index (χ3v) is 5.53. The van der Waals surface area contributed by atoms with Crippen LogP contribution in [0.15, 0.2) is 18.2 Å². The fraction of sp³-hybridized carbons (Fsp3) is 0.526. The van der Waals surface area contributed by atoms with Crippen LogP contribution in [0.25, 0.3) is 10.9 Å². The minimum absolute atomic E-state index is 0.219. The number of rotatable bonds is 3. The molecule has 1 unspecified atom stereocenters. The maximum absolute atomic E-state index is 11.4. The van der Waals surface area contributed by atoms with Crippen molar-refractivity contribution in [2.24, 2.45) is 5.73 Å². The van der Waals surface area contributed by atoms with E-state index in [4.69, 9.17) is 5.73 Å². The van der Waals surface area contributed by atoms with Crippen molar-refractivity contribution >= 4 is 16.8 Å². The molecule has 2 heterocycles. The largest absolute Gasteiger partial charge is 0.369 e. The third-order valence-electron chi connectivity index (χ3n) is 5.53. The summed E-state index contributed by atoms with van der Waals surface area (Å²) in [5.41, 5.74) is 11.2. The molecule has 122 valence electrons. The molecule has 0 saturated carbocycles. The standard InChI is InChI=1S/C19H25N3O/c1-12(2)13-6-7-16-15(10-13)14-4-3-5-17-19(14)22(16)9-8-21(17)11-18(20)23/h6-7,10,12,17H,3-5,8-9,11H2,1-2H3,(H2,20,23). The Bertz CT molecular complexity index is 775. The van der Waals surface area contributed by atoms with Crippen LogP contribution in [-0.4, -0.2) is 28.5 Å². The summed E-state index contributed by atoms with van der Waals surface area (Å²) in [4.78, 5) is 13.7. The lowest BCUT2D eigenvalue weighted by atomic mass is 9.89. The molecule has 1 aliphatic carbocycles. The van der Waals surface area contributed by atoms with E-state index < -0.39 is 0 Å². The molecule has 0 bridgehead atoms. The summed E-state index contributed by atoms with van der Waals surface area (Å²) >= 11 is 0. The molecule has 1 aromatic heterocycles. The minimum Gasteiger partial charge on any atom is -0.369 e. The summed E-state index contributed by atoms with van der Waals surface area (Å²) in [5, 5.41) is 1.43. The monoisotopic (exact) mass is 311 g/mol. The normalized spacial score (nSPS) is 20.9. The number of fused-ring (bicyclic) bond motifs is 3. The van der Waals surface area contributed by atoms with E-state index in [2.05, 4.69) is 41.5 Å². The number of hydrogen-bond donors (Lipinski definition) is 1.